The normalized spacial score (nSPS) is 23.4. The van der Waals surface area contributed by atoms with Crippen molar-refractivity contribution in [3.8, 4) is 0 Å². The minimum absolute atomic E-state index is 0.221. The Kier molecular flexibility index (Phi) is 3.53. The average molecular weight is 224 g/mol. The lowest BCUT2D eigenvalue weighted by molar-refractivity contribution is -0.130. The van der Waals surface area contributed by atoms with Crippen LogP contribution in [-0.4, -0.2) is 35.5 Å². The summed E-state index contributed by atoms with van der Waals surface area (Å²) in [5.41, 5.74) is 0.221. The van der Waals surface area contributed by atoms with Gasteiger partial charge in [0, 0.05) is 18.1 Å². The summed E-state index contributed by atoms with van der Waals surface area (Å²) >= 11 is 0. The Morgan fingerprint density at radius 1 is 1.38 bits per heavy atom. The molecule has 0 aromatic heterocycles. The van der Waals surface area contributed by atoms with Crippen LogP contribution in [-0.2, 0) is 4.79 Å². The molecule has 16 heavy (non-hydrogen) atoms. The topological polar surface area (TPSA) is 32.3 Å². The van der Waals surface area contributed by atoms with Crippen molar-refractivity contribution in [2.75, 3.05) is 13.1 Å². The molecule has 92 valence electrons. The van der Waals surface area contributed by atoms with Crippen molar-refractivity contribution in [3.05, 3.63) is 0 Å². The SMILES string of the molecule is CCN(C(=O)CNC1(C)CCCC1)C1CC1. The Hall–Kier alpha value is -0.570. The van der Waals surface area contributed by atoms with E-state index in [1.165, 1.54) is 38.5 Å². The van der Waals surface area contributed by atoms with Gasteiger partial charge in [0.25, 0.3) is 0 Å². The number of rotatable bonds is 5. The fourth-order valence-corrected chi connectivity index (χ4v) is 2.75. The number of nitrogens with zero attached hydrogens (tertiary/aromatic N) is 1. The molecular formula is C13H24N2O. The first kappa shape index (κ1) is 11.9. The summed E-state index contributed by atoms with van der Waals surface area (Å²) in [6, 6.07) is 0.552. The highest BCUT2D eigenvalue weighted by Crippen LogP contribution is 2.29. The number of carbonyl (C=O) groups is 1. The van der Waals surface area contributed by atoms with Crippen molar-refractivity contribution in [1.82, 2.24) is 10.2 Å². The molecule has 0 atom stereocenters. The molecule has 2 aliphatic carbocycles. The Bertz CT molecular complexity index is 255. The van der Waals surface area contributed by atoms with Gasteiger partial charge in [-0.1, -0.05) is 12.8 Å². The Balaban J connectivity index is 1.77. The second-order valence-corrected chi connectivity index (χ2v) is 5.53. The number of amides is 1. The highest BCUT2D eigenvalue weighted by molar-refractivity contribution is 5.79. The summed E-state index contributed by atoms with van der Waals surface area (Å²) in [5.74, 6) is 0.290. The first-order chi connectivity index (χ1) is 7.64. The number of carbonyl (C=O) groups excluding carboxylic acids is 1. The first-order valence-electron chi connectivity index (χ1n) is 6.69. The largest absolute Gasteiger partial charge is 0.339 e. The van der Waals surface area contributed by atoms with Gasteiger partial charge in [0.05, 0.1) is 6.54 Å². The highest BCUT2D eigenvalue weighted by Gasteiger charge is 2.33. The lowest BCUT2D eigenvalue weighted by Crippen LogP contribution is -2.47. The maximum Gasteiger partial charge on any atom is 0.236 e. The van der Waals surface area contributed by atoms with Crippen LogP contribution in [0.5, 0.6) is 0 Å². The third kappa shape index (κ3) is 2.76. The summed E-state index contributed by atoms with van der Waals surface area (Å²) in [4.78, 5) is 14.1. The van der Waals surface area contributed by atoms with Crippen LogP contribution in [0, 0.1) is 0 Å². The van der Waals surface area contributed by atoms with E-state index in [2.05, 4.69) is 19.2 Å². The molecule has 2 aliphatic rings. The van der Waals surface area contributed by atoms with Crippen LogP contribution in [0.15, 0.2) is 0 Å². The summed E-state index contributed by atoms with van der Waals surface area (Å²) in [6.45, 7) is 5.72. The van der Waals surface area contributed by atoms with Gasteiger partial charge in [0.15, 0.2) is 0 Å². The number of hydrogen-bond donors (Lipinski definition) is 1. The van der Waals surface area contributed by atoms with Crippen LogP contribution in [0.2, 0.25) is 0 Å². The van der Waals surface area contributed by atoms with Gasteiger partial charge in [-0.15, -0.1) is 0 Å². The van der Waals surface area contributed by atoms with Crippen LogP contribution in [0.1, 0.15) is 52.4 Å². The smallest absolute Gasteiger partial charge is 0.236 e. The number of hydrogen-bond acceptors (Lipinski definition) is 2. The second kappa shape index (κ2) is 4.74. The molecule has 0 aromatic carbocycles. The van der Waals surface area contributed by atoms with Gasteiger partial charge in [-0.2, -0.15) is 0 Å². The fraction of sp³-hybridized carbons (Fsp3) is 0.923. The van der Waals surface area contributed by atoms with Crippen LogP contribution in [0.25, 0.3) is 0 Å². The number of nitrogens with one attached hydrogen (secondary N) is 1. The lowest BCUT2D eigenvalue weighted by Gasteiger charge is -2.27. The van der Waals surface area contributed by atoms with Crippen molar-refractivity contribution in [2.45, 2.75) is 64.0 Å². The molecule has 0 aliphatic heterocycles. The first-order valence-corrected chi connectivity index (χ1v) is 6.69. The highest BCUT2D eigenvalue weighted by atomic mass is 16.2. The molecule has 0 spiro atoms. The zero-order valence-corrected chi connectivity index (χ0v) is 10.6. The van der Waals surface area contributed by atoms with Crippen LogP contribution >= 0.6 is 0 Å². The maximum atomic E-state index is 12.0. The van der Waals surface area contributed by atoms with Crippen molar-refractivity contribution >= 4 is 5.91 Å². The maximum absolute atomic E-state index is 12.0. The van der Waals surface area contributed by atoms with Crippen molar-refractivity contribution in [3.63, 3.8) is 0 Å². The van der Waals surface area contributed by atoms with Gasteiger partial charge >= 0.3 is 0 Å². The predicted octanol–water partition coefficient (Wildman–Crippen LogP) is 1.92. The van der Waals surface area contributed by atoms with E-state index in [0.717, 1.165) is 6.54 Å². The van der Waals surface area contributed by atoms with Crippen molar-refractivity contribution in [1.29, 1.82) is 0 Å². The van der Waals surface area contributed by atoms with Gasteiger partial charge in [-0.25, -0.2) is 0 Å². The van der Waals surface area contributed by atoms with Gasteiger partial charge in [-0.3, -0.25) is 4.79 Å². The summed E-state index contributed by atoms with van der Waals surface area (Å²) in [7, 11) is 0. The molecule has 0 heterocycles. The van der Waals surface area contributed by atoms with E-state index < -0.39 is 0 Å². The van der Waals surface area contributed by atoms with E-state index >= 15 is 0 Å². The zero-order chi connectivity index (χ0) is 11.6. The molecule has 1 N–H and O–H groups in total. The molecule has 0 bridgehead atoms. The predicted molar refractivity (Wildman–Crippen MR) is 65.3 cm³/mol. The number of likely N-dealkylation sites (N-methyl/N-ethyl adjacent to an activating group) is 1. The standard InChI is InChI=1S/C13H24N2O/c1-3-15(11-6-7-11)12(16)10-14-13(2)8-4-5-9-13/h11,14H,3-10H2,1-2H3. The molecule has 3 nitrogen and oxygen atoms in total. The molecule has 2 saturated carbocycles. The Morgan fingerprint density at radius 3 is 2.50 bits per heavy atom. The third-order valence-electron chi connectivity index (χ3n) is 4.02. The van der Waals surface area contributed by atoms with Gasteiger partial charge < -0.3 is 10.2 Å². The van der Waals surface area contributed by atoms with E-state index in [-0.39, 0.29) is 11.4 Å². The zero-order valence-electron chi connectivity index (χ0n) is 10.6. The third-order valence-corrected chi connectivity index (χ3v) is 4.02. The molecular weight excluding hydrogens is 200 g/mol. The second-order valence-electron chi connectivity index (χ2n) is 5.53. The Labute approximate surface area is 98.6 Å². The van der Waals surface area contributed by atoms with Crippen LogP contribution in [0.3, 0.4) is 0 Å². The minimum atomic E-state index is 0.221. The molecule has 0 saturated heterocycles. The summed E-state index contributed by atoms with van der Waals surface area (Å²) in [6.07, 6.45) is 7.45. The fourth-order valence-electron chi connectivity index (χ4n) is 2.75. The average Bonchev–Trinajstić information content (AvgIpc) is 3.00. The summed E-state index contributed by atoms with van der Waals surface area (Å²) in [5, 5.41) is 3.46. The lowest BCUT2D eigenvalue weighted by atomic mass is 10.0. The molecule has 2 fully saturated rings. The van der Waals surface area contributed by atoms with E-state index in [9.17, 15) is 4.79 Å². The van der Waals surface area contributed by atoms with E-state index in [0.29, 0.717) is 12.6 Å². The van der Waals surface area contributed by atoms with E-state index in [4.69, 9.17) is 0 Å². The van der Waals surface area contributed by atoms with Crippen LogP contribution in [0.4, 0.5) is 0 Å². The van der Waals surface area contributed by atoms with E-state index in [1.54, 1.807) is 0 Å². The summed E-state index contributed by atoms with van der Waals surface area (Å²) < 4.78 is 0. The van der Waals surface area contributed by atoms with Crippen molar-refractivity contribution in [2.24, 2.45) is 0 Å². The molecule has 0 aromatic rings. The molecule has 0 unspecified atom stereocenters. The van der Waals surface area contributed by atoms with Gasteiger partial charge in [0.1, 0.15) is 0 Å². The van der Waals surface area contributed by atoms with Gasteiger partial charge in [0.2, 0.25) is 5.91 Å². The molecule has 3 heteroatoms. The molecule has 2 rings (SSSR count). The van der Waals surface area contributed by atoms with E-state index in [1.807, 2.05) is 4.90 Å². The van der Waals surface area contributed by atoms with Crippen LogP contribution < -0.4 is 5.32 Å². The molecule has 1 amide bonds. The molecule has 0 radical (unpaired) electrons. The monoisotopic (exact) mass is 224 g/mol. The quantitative estimate of drug-likeness (QED) is 0.774. The minimum Gasteiger partial charge on any atom is -0.339 e. The van der Waals surface area contributed by atoms with Gasteiger partial charge in [-0.05, 0) is 39.5 Å². The van der Waals surface area contributed by atoms with Crippen molar-refractivity contribution < 1.29 is 4.79 Å². The Morgan fingerprint density at radius 2 is 2.00 bits per heavy atom.